The number of rotatable bonds is 5. The number of carbonyl (C=O) groups is 1. The zero-order valence-electron chi connectivity index (χ0n) is 15.5. The smallest absolute Gasteiger partial charge is 0.252 e. The molecule has 140 valence electrons. The first-order chi connectivity index (χ1) is 12.8. The lowest BCUT2D eigenvalue weighted by atomic mass is 9.92. The van der Waals surface area contributed by atoms with Crippen LogP contribution in [0.4, 0.5) is 5.69 Å². The van der Waals surface area contributed by atoms with Gasteiger partial charge < -0.3 is 10.6 Å². The highest BCUT2D eigenvalue weighted by atomic mass is 35.5. The number of benzene rings is 1. The summed E-state index contributed by atoms with van der Waals surface area (Å²) >= 11 is 5.88. The minimum Gasteiger partial charge on any atom is -0.342 e. The van der Waals surface area contributed by atoms with Gasteiger partial charge in [-0.15, -0.1) is 0 Å². The second-order valence-electron chi connectivity index (χ2n) is 7.03. The molecule has 0 aliphatic carbocycles. The summed E-state index contributed by atoms with van der Waals surface area (Å²) in [5.41, 5.74) is 0.855. The molecule has 1 aromatic carbocycles. The Kier molecular flexibility index (Phi) is 6.91. The molecule has 2 rings (SSSR count). The molecule has 0 saturated carbocycles. The average Bonchev–Trinajstić information content (AvgIpc) is 2.62. The SMILES string of the molecule is CC(C)(C)C(N=C(CC#N)Nc1cccnc1)NC(=O)c1ccc(Cl)cc1. The van der Waals surface area contributed by atoms with Crippen molar-refractivity contribution in [1.29, 1.82) is 5.26 Å². The van der Waals surface area contributed by atoms with Crippen molar-refractivity contribution < 1.29 is 4.79 Å². The van der Waals surface area contributed by atoms with Crippen LogP contribution >= 0.6 is 11.6 Å². The van der Waals surface area contributed by atoms with Crippen LogP contribution in [0.1, 0.15) is 37.6 Å². The van der Waals surface area contributed by atoms with Crippen LogP contribution in [0.3, 0.4) is 0 Å². The van der Waals surface area contributed by atoms with E-state index in [2.05, 4.69) is 26.7 Å². The number of amides is 1. The molecule has 1 unspecified atom stereocenters. The van der Waals surface area contributed by atoms with Gasteiger partial charge in [-0.05, 0) is 36.4 Å². The number of halogens is 1. The van der Waals surface area contributed by atoms with E-state index in [-0.39, 0.29) is 17.7 Å². The number of aromatic nitrogens is 1. The van der Waals surface area contributed by atoms with Gasteiger partial charge >= 0.3 is 0 Å². The van der Waals surface area contributed by atoms with E-state index in [0.717, 1.165) is 5.69 Å². The first-order valence-electron chi connectivity index (χ1n) is 8.46. The van der Waals surface area contributed by atoms with E-state index >= 15 is 0 Å². The Morgan fingerprint density at radius 1 is 1.30 bits per heavy atom. The highest BCUT2D eigenvalue weighted by molar-refractivity contribution is 6.30. The van der Waals surface area contributed by atoms with Gasteiger partial charge in [-0.3, -0.25) is 9.78 Å². The first kappa shape index (κ1) is 20.4. The highest BCUT2D eigenvalue weighted by Gasteiger charge is 2.27. The fraction of sp³-hybridized carbons (Fsp3) is 0.300. The molecule has 7 heteroatoms. The molecule has 0 saturated heterocycles. The predicted octanol–water partition coefficient (Wildman–Crippen LogP) is 4.26. The Morgan fingerprint density at radius 3 is 2.56 bits per heavy atom. The number of hydrogen-bond acceptors (Lipinski definition) is 4. The minimum atomic E-state index is -0.534. The molecule has 1 aromatic heterocycles. The Labute approximate surface area is 164 Å². The lowest BCUT2D eigenvalue weighted by Gasteiger charge is -2.29. The van der Waals surface area contributed by atoms with Crippen LogP contribution in [0.2, 0.25) is 5.02 Å². The molecular formula is C20H22ClN5O. The van der Waals surface area contributed by atoms with Crippen molar-refractivity contribution in [1.82, 2.24) is 10.3 Å². The van der Waals surface area contributed by atoms with Crippen molar-refractivity contribution in [2.45, 2.75) is 33.4 Å². The predicted molar refractivity (Wildman–Crippen MR) is 108 cm³/mol. The monoisotopic (exact) mass is 383 g/mol. The maximum Gasteiger partial charge on any atom is 0.252 e. The largest absolute Gasteiger partial charge is 0.342 e. The Morgan fingerprint density at radius 2 is 2.00 bits per heavy atom. The lowest BCUT2D eigenvalue weighted by Crippen LogP contribution is -2.43. The van der Waals surface area contributed by atoms with Crippen LogP contribution in [0, 0.1) is 16.7 Å². The second-order valence-corrected chi connectivity index (χ2v) is 7.46. The topological polar surface area (TPSA) is 90.2 Å². The molecule has 0 bridgehead atoms. The molecule has 0 fully saturated rings. The van der Waals surface area contributed by atoms with Gasteiger partial charge in [0.1, 0.15) is 12.0 Å². The third-order valence-corrected chi connectivity index (χ3v) is 3.93. The molecule has 2 aromatic rings. The first-order valence-corrected chi connectivity index (χ1v) is 8.84. The summed E-state index contributed by atoms with van der Waals surface area (Å²) in [6.45, 7) is 5.91. The molecule has 2 N–H and O–H groups in total. The Balaban J connectivity index is 2.25. The summed E-state index contributed by atoms with van der Waals surface area (Å²) < 4.78 is 0. The van der Waals surface area contributed by atoms with Crippen LogP contribution in [-0.4, -0.2) is 22.9 Å². The van der Waals surface area contributed by atoms with E-state index < -0.39 is 6.17 Å². The van der Waals surface area contributed by atoms with Crippen LogP contribution in [0.15, 0.2) is 53.8 Å². The summed E-state index contributed by atoms with van der Waals surface area (Å²) in [6.07, 6.45) is 2.85. The van der Waals surface area contributed by atoms with Gasteiger partial charge in [0.15, 0.2) is 0 Å². The molecular weight excluding hydrogens is 362 g/mol. The van der Waals surface area contributed by atoms with Crippen molar-refractivity contribution in [3.05, 3.63) is 59.4 Å². The quantitative estimate of drug-likeness (QED) is 0.596. The van der Waals surface area contributed by atoms with Gasteiger partial charge in [0.2, 0.25) is 0 Å². The van der Waals surface area contributed by atoms with Gasteiger partial charge in [0.25, 0.3) is 5.91 Å². The van der Waals surface area contributed by atoms with Crippen molar-refractivity contribution in [2.24, 2.45) is 10.4 Å². The molecule has 0 radical (unpaired) electrons. The van der Waals surface area contributed by atoms with Gasteiger partial charge in [-0.2, -0.15) is 5.26 Å². The number of nitrogens with one attached hydrogen (secondary N) is 2. The van der Waals surface area contributed by atoms with E-state index in [1.54, 1.807) is 42.7 Å². The van der Waals surface area contributed by atoms with Crippen molar-refractivity contribution in [2.75, 3.05) is 5.32 Å². The van der Waals surface area contributed by atoms with Crippen LogP contribution < -0.4 is 10.6 Å². The van der Waals surface area contributed by atoms with Crippen LogP contribution in [0.25, 0.3) is 0 Å². The minimum absolute atomic E-state index is 0.0816. The molecule has 27 heavy (non-hydrogen) atoms. The molecule has 6 nitrogen and oxygen atoms in total. The van der Waals surface area contributed by atoms with Gasteiger partial charge in [0, 0.05) is 22.2 Å². The number of nitriles is 1. The molecule has 1 amide bonds. The number of anilines is 1. The highest BCUT2D eigenvalue weighted by Crippen LogP contribution is 2.22. The zero-order valence-corrected chi connectivity index (χ0v) is 16.3. The molecule has 1 atom stereocenters. The van der Waals surface area contributed by atoms with E-state index in [4.69, 9.17) is 16.9 Å². The normalized spacial score (nSPS) is 12.8. The van der Waals surface area contributed by atoms with E-state index in [1.165, 1.54) is 0 Å². The van der Waals surface area contributed by atoms with E-state index in [0.29, 0.717) is 16.4 Å². The van der Waals surface area contributed by atoms with Crippen LogP contribution in [-0.2, 0) is 0 Å². The summed E-state index contributed by atoms with van der Waals surface area (Å²) in [5.74, 6) is 0.204. The number of aliphatic imine (C=N–C) groups is 1. The Bertz CT molecular complexity index is 835. The van der Waals surface area contributed by atoms with E-state index in [9.17, 15) is 4.79 Å². The fourth-order valence-electron chi connectivity index (χ4n) is 2.21. The van der Waals surface area contributed by atoms with Crippen molar-refractivity contribution in [3.8, 4) is 6.07 Å². The molecule has 0 aliphatic rings. The molecule has 0 spiro atoms. The number of hydrogen-bond donors (Lipinski definition) is 2. The molecule has 0 aliphatic heterocycles. The summed E-state index contributed by atoms with van der Waals surface area (Å²) in [7, 11) is 0. The lowest BCUT2D eigenvalue weighted by molar-refractivity contribution is 0.0906. The fourth-order valence-corrected chi connectivity index (χ4v) is 2.33. The maximum absolute atomic E-state index is 12.6. The number of amidine groups is 1. The van der Waals surface area contributed by atoms with E-state index in [1.807, 2.05) is 26.8 Å². The van der Waals surface area contributed by atoms with Crippen molar-refractivity contribution >= 4 is 29.0 Å². The zero-order chi connectivity index (χ0) is 19.9. The summed E-state index contributed by atoms with van der Waals surface area (Å²) in [4.78, 5) is 21.2. The third-order valence-electron chi connectivity index (χ3n) is 3.68. The number of carbonyl (C=O) groups excluding carboxylic acids is 1. The number of nitrogens with zero attached hydrogens (tertiary/aromatic N) is 3. The number of pyridine rings is 1. The van der Waals surface area contributed by atoms with Crippen LogP contribution in [0.5, 0.6) is 0 Å². The summed E-state index contributed by atoms with van der Waals surface area (Å²) in [6, 6.07) is 12.4. The van der Waals surface area contributed by atoms with Crippen molar-refractivity contribution in [3.63, 3.8) is 0 Å². The van der Waals surface area contributed by atoms with Gasteiger partial charge in [-0.25, -0.2) is 4.99 Å². The standard InChI is InChI=1S/C20H22ClN5O/c1-20(2,3)19(26-18(27)14-6-8-15(21)9-7-14)25-17(10-11-22)24-16-5-4-12-23-13-16/h4-9,12-13,19H,10H2,1-3H3,(H,24,25)(H,26,27). The second kappa shape index (κ2) is 9.15. The average molecular weight is 384 g/mol. The maximum atomic E-state index is 12.6. The van der Waals surface area contributed by atoms with Gasteiger partial charge in [0.05, 0.1) is 24.4 Å². The third kappa shape index (κ3) is 6.39. The summed E-state index contributed by atoms with van der Waals surface area (Å²) in [5, 5.41) is 15.7. The Hall–Kier alpha value is -2.91. The van der Waals surface area contributed by atoms with Gasteiger partial charge in [-0.1, -0.05) is 32.4 Å². The molecule has 1 heterocycles.